The Morgan fingerprint density at radius 1 is 1.14 bits per heavy atom. The van der Waals surface area contributed by atoms with Crippen molar-refractivity contribution in [3.05, 3.63) is 57.5 Å². The van der Waals surface area contributed by atoms with Crippen LogP contribution in [0.1, 0.15) is 30.7 Å². The lowest BCUT2D eigenvalue weighted by atomic mass is 10.1. The molecule has 0 saturated carbocycles. The fraction of sp³-hybridized carbons (Fsp3) is 0.316. The molecule has 0 fully saturated rings. The molecule has 29 heavy (non-hydrogen) atoms. The van der Waals surface area contributed by atoms with Crippen molar-refractivity contribution >= 4 is 27.5 Å². The molecule has 2 aromatic rings. The normalized spacial score (nSPS) is 12.3. The molecular weight excluding hydrogens is 396 g/mol. The quantitative estimate of drug-likeness (QED) is 0.528. The van der Waals surface area contributed by atoms with Gasteiger partial charge in [-0.05, 0) is 56.7 Å². The molecule has 1 atom stereocenters. The van der Waals surface area contributed by atoms with E-state index in [1.54, 1.807) is 19.9 Å². The van der Waals surface area contributed by atoms with E-state index >= 15 is 0 Å². The molecular formula is C19H24N4O5S. The van der Waals surface area contributed by atoms with Gasteiger partial charge in [-0.1, -0.05) is 0 Å². The van der Waals surface area contributed by atoms with Crippen LogP contribution in [0.2, 0.25) is 0 Å². The van der Waals surface area contributed by atoms with E-state index in [0.717, 1.165) is 5.56 Å². The van der Waals surface area contributed by atoms with Gasteiger partial charge in [0.2, 0.25) is 21.8 Å². The number of pyridine rings is 1. The third-order valence-corrected chi connectivity index (χ3v) is 5.70. The third kappa shape index (κ3) is 6.00. The molecule has 0 bridgehead atoms. The molecule has 0 aliphatic carbocycles. The summed E-state index contributed by atoms with van der Waals surface area (Å²) < 4.78 is 27.2. The number of carbonyl (C=O) groups is 2. The highest BCUT2D eigenvalue weighted by Crippen LogP contribution is 2.14. The van der Waals surface area contributed by atoms with Crippen LogP contribution in [0.25, 0.3) is 0 Å². The molecule has 0 aliphatic rings. The van der Waals surface area contributed by atoms with Crippen LogP contribution in [-0.2, 0) is 26.2 Å². The maximum absolute atomic E-state index is 12.5. The molecule has 0 saturated heterocycles. The predicted octanol–water partition coefficient (Wildman–Crippen LogP) is 0.933. The summed E-state index contributed by atoms with van der Waals surface area (Å²) in [5.41, 5.74) is 2.02. The maximum atomic E-state index is 12.5. The highest BCUT2D eigenvalue weighted by Gasteiger charge is 2.22. The van der Waals surface area contributed by atoms with E-state index in [4.69, 9.17) is 0 Å². The lowest BCUT2D eigenvalue weighted by Crippen LogP contribution is -2.45. The van der Waals surface area contributed by atoms with Crippen LogP contribution in [0.4, 0.5) is 5.69 Å². The fourth-order valence-corrected chi connectivity index (χ4v) is 3.91. The van der Waals surface area contributed by atoms with Crippen molar-refractivity contribution in [2.45, 2.75) is 45.2 Å². The van der Waals surface area contributed by atoms with E-state index in [0.29, 0.717) is 16.9 Å². The molecule has 1 heterocycles. The zero-order valence-electron chi connectivity index (χ0n) is 16.6. The lowest BCUT2D eigenvalue weighted by Gasteiger charge is -2.15. The van der Waals surface area contributed by atoms with E-state index in [1.807, 2.05) is 0 Å². The van der Waals surface area contributed by atoms with Gasteiger partial charge in [0, 0.05) is 30.4 Å². The van der Waals surface area contributed by atoms with Crippen LogP contribution in [0, 0.1) is 13.8 Å². The van der Waals surface area contributed by atoms with Gasteiger partial charge in [-0.25, -0.2) is 8.42 Å². The molecule has 10 heteroatoms. The number of H-pyrrole nitrogens is 1. The SMILES string of the molecule is CC(=O)Nc1ccc(S(=O)(=O)N[C@H](C)C(=O)NCc2c(C)cc(C)[nH]c2=O)cc1. The topological polar surface area (TPSA) is 137 Å². The minimum atomic E-state index is -3.95. The van der Waals surface area contributed by atoms with Crippen LogP contribution in [0.3, 0.4) is 0 Å². The Balaban J connectivity index is 2.03. The summed E-state index contributed by atoms with van der Waals surface area (Å²) in [6.45, 7) is 6.26. The van der Waals surface area contributed by atoms with Crippen molar-refractivity contribution in [2.75, 3.05) is 5.32 Å². The Kier molecular flexibility index (Phi) is 6.93. The molecule has 1 aromatic carbocycles. The Hall–Kier alpha value is -2.98. The van der Waals surface area contributed by atoms with Gasteiger partial charge in [-0.15, -0.1) is 0 Å². The number of hydrogen-bond donors (Lipinski definition) is 4. The fourth-order valence-electron chi connectivity index (χ4n) is 2.70. The van der Waals surface area contributed by atoms with Gasteiger partial charge in [-0.2, -0.15) is 4.72 Å². The highest BCUT2D eigenvalue weighted by atomic mass is 32.2. The van der Waals surface area contributed by atoms with Crippen LogP contribution < -0.4 is 20.9 Å². The van der Waals surface area contributed by atoms with Crippen molar-refractivity contribution in [1.29, 1.82) is 0 Å². The zero-order valence-corrected chi connectivity index (χ0v) is 17.4. The number of aryl methyl sites for hydroxylation is 2. The minimum Gasteiger partial charge on any atom is -0.350 e. The summed E-state index contributed by atoms with van der Waals surface area (Å²) in [6.07, 6.45) is 0. The minimum absolute atomic E-state index is 0.0161. The van der Waals surface area contributed by atoms with Crippen molar-refractivity contribution in [2.24, 2.45) is 0 Å². The van der Waals surface area contributed by atoms with Crippen LogP contribution >= 0.6 is 0 Å². The molecule has 9 nitrogen and oxygen atoms in total. The first kappa shape index (κ1) is 22.3. The van der Waals surface area contributed by atoms with Crippen LogP contribution in [-0.4, -0.2) is 31.3 Å². The van der Waals surface area contributed by atoms with Crippen LogP contribution in [0.15, 0.2) is 40.0 Å². The summed E-state index contributed by atoms with van der Waals surface area (Å²) in [7, 11) is -3.95. The number of hydrogen-bond acceptors (Lipinski definition) is 5. The Labute approximate surface area is 169 Å². The van der Waals surface area contributed by atoms with Gasteiger partial charge in [0.1, 0.15) is 0 Å². The first-order chi connectivity index (χ1) is 13.5. The number of rotatable bonds is 7. The predicted molar refractivity (Wildman–Crippen MR) is 109 cm³/mol. The number of aromatic amines is 1. The largest absolute Gasteiger partial charge is 0.350 e. The van der Waals surface area contributed by atoms with E-state index in [2.05, 4.69) is 20.3 Å². The smallest absolute Gasteiger partial charge is 0.253 e. The van der Waals surface area contributed by atoms with Crippen molar-refractivity contribution in [3.63, 3.8) is 0 Å². The van der Waals surface area contributed by atoms with Gasteiger partial charge < -0.3 is 15.6 Å². The average molecular weight is 420 g/mol. The second-order valence-corrected chi connectivity index (χ2v) is 8.42. The summed E-state index contributed by atoms with van der Waals surface area (Å²) in [6, 6.07) is 6.29. The molecule has 0 radical (unpaired) electrons. The number of amides is 2. The molecule has 156 valence electrons. The standard InChI is InChI=1S/C19H24N4O5S/c1-11-9-12(2)21-19(26)17(11)10-20-18(25)13(3)23-29(27,28)16-7-5-15(6-8-16)22-14(4)24/h5-9,13,23H,10H2,1-4H3,(H,20,25)(H,21,26)(H,22,24)/t13-/m1/s1. The van der Waals surface area contributed by atoms with Gasteiger partial charge >= 0.3 is 0 Å². The van der Waals surface area contributed by atoms with Gasteiger partial charge in [0.15, 0.2) is 0 Å². The summed E-state index contributed by atoms with van der Waals surface area (Å²) in [4.78, 5) is 37.9. The number of sulfonamides is 1. The number of anilines is 1. The van der Waals surface area contributed by atoms with Crippen molar-refractivity contribution < 1.29 is 18.0 Å². The molecule has 2 rings (SSSR count). The molecule has 2 amide bonds. The monoisotopic (exact) mass is 420 g/mol. The molecule has 0 unspecified atom stereocenters. The van der Waals surface area contributed by atoms with Crippen LogP contribution in [0.5, 0.6) is 0 Å². The molecule has 4 N–H and O–H groups in total. The van der Waals surface area contributed by atoms with Crippen molar-refractivity contribution in [1.82, 2.24) is 15.0 Å². The summed E-state index contributed by atoms with van der Waals surface area (Å²) >= 11 is 0. The zero-order chi connectivity index (χ0) is 21.8. The first-order valence-corrected chi connectivity index (χ1v) is 10.3. The Bertz CT molecular complexity index is 1070. The highest BCUT2D eigenvalue weighted by molar-refractivity contribution is 7.89. The summed E-state index contributed by atoms with van der Waals surface area (Å²) in [5.74, 6) is -0.838. The molecule has 0 aliphatic heterocycles. The summed E-state index contributed by atoms with van der Waals surface area (Å²) in [5, 5.41) is 5.11. The number of nitrogens with one attached hydrogen (secondary N) is 4. The third-order valence-electron chi connectivity index (χ3n) is 4.14. The Morgan fingerprint density at radius 3 is 2.31 bits per heavy atom. The van der Waals surface area contributed by atoms with E-state index in [1.165, 1.54) is 38.1 Å². The van der Waals surface area contributed by atoms with Crippen molar-refractivity contribution in [3.8, 4) is 0 Å². The van der Waals surface area contributed by atoms with Gasteiger partial charge in [-0.3, -0.25) is 14.4 Å². The maximum Gasteiger partial charge on any atom is 0.253 e. The van der Waals surface area contributed by atoms with E-state index in [9.17, 15) is 22.8 Å². The van der Waals surface area contributed by atoms with E-state index < -0.39 is 22.0 Å². The molecule has 1 aromatic heterocycles. The Morgan fingerprint density at radius 2 is 1.76 bits per heavy atom. The number of carbonyl (C=O) groups excluding carboxylic acids is 2. The second-order valence-electron chi connectivity index (χ2n) is 6.71. The number of benzene rings is 1. The van der Waals surface area contributed by atoms with E-state index in [-0.39, 0.29) is 22.9 Å². The number of aromatic nitrogens is 1. The van der Waals surface area contributed by atoms with Gasteiger partial charge in [0.05, 0.1) is 10.9 Å². The van der Waals surface area contributed by atoms with Gasteiger partial charge in [0.25, 0.3) is 5.56 Å². The lowest BCUT2D eigenvalue weighted by molar-refractivity contribution is -0.122. The second kappa shape index (κ2) is 9.01. The first-order valence-electron chi connectivity index (χ1n) is 8.86. The average Bonchev–Trinajstić information content (AvgIpc) is 2.60. The molecule has 0 spiro atoms.